The minimum absolute atomic E-state index is 0.323. The Balaban J connectivity index is 2.94. The van der Waals surface area contributed by atoms with E-state index in [1.807, 2.05) is 6.92 Å². The molecule has 1 aromatic carbocycles. The van der Waals surface area contributed by atoms with E-state index in [4.69, 9.17) is 5.73 Å². The standard InChI is InChI=1S/C13H17NO4/c1-8-4-5-9(12(15)17-2)6-10(8)7-11(14)13(16)18-3/h4-6,11H,7,14H2,1-3H3/t11-/m1/s1. The maximum absolute atomic E-state index is 11.4. The molecule has 0 aliphatic carbocycles. The van der Waals surface area contributed by atoms with Crippen molar-refractivity contribution in [3.63, 3.8) is 0 Å². The second-order valence-corrected chi connectivity index (χ2v) is 3.97. The van der Waals surface area contributed by atoms with Gasteiger partial charge >= 0.3 is 11.9 Å². The molecule has 0 saturated heterocycles. The van der Waals surface area contributed by atoms with Crippen LogP contribution in [0.5, 0.6) is 0 Å². The zero-order valence-electron chi connectivity index (χ0n) is 10.7. The van der Waals surface area contributed by atoms with Crippen LogP contribution >= 0.6 is 0 Å². The molecule has 0 heterocycles. The van der Waals surface area contributed by atoms with Gasteiger partial charge < -0.3 is 15.2 Å². The van der Waals surface area contributed by atoms with Crippen LogP contribution in [0.25, 0.3) is 0 Å². The van der Waals surface area contributed by atoms with Crippen LogP contribution in [0.3, 0.4) is 0 Å². The smallest absolute Gasteiger partial charge is 0.337 e. The summed E-state index contributed by atoms with van der Waals surface area (Å²) in [5.74, 6) is -0.888. The fourth-order valence-electron chi connectivity index (χ4n) is 1.61. The van der Waals surface area contributed by atoms with Crippen molar-refractivity contribution in [3.05, 3.63) is 34.9 Å². The van der Waals surface area contributed by atoms with E-state index >= 15 is 0 Å². The molecule has 0 unspecified atom stereocenters. The van der Waals surface area contributed by atoms with Crippen molar-refractivity contribution in [2.45, 2.75) is 19.4 Å². The van der Waals surface area contributed by atoms with Gasteiger partial charge in [-0.2, -0.15) is 0 Å². The van der Waals surface area contributed by atoms with Crippen molar-refractivity contribution in [3.8, 4) is 0 Å². The quantitative estimate of drug-likeness (QED) is 0.802. The second-order valence-electron chi connectivity index (χ2n) is 3.97. The van der Waals surface area contributed by atoms with Crippen LogP contribution in [0.4, 0.5) is 0 Å². The van der Waals surface area contributed by atoms with Crippen molar-refractivity contribution < 1.29 is 19.1 Å². The highest BCUT2D eigenvalue weighted by Gasteiger charge is 2.16. The summed E-state index contributed by atoms with van der Waals surface area (Å²) in [7, 11) is 2.61. The highest BCUT2D eigenvalue weighted by Crippen LogP contribution is 2.14. The number of carbonyl (C=O) groups is 2. The number of benzene rings is 1. The van der Waals surface area contributed by atoms with Crippen molar-refractivity contribution >= 4 is 11.9 Å². The summed E-state index contributed by atoms with van der Waals surface area (Å²) in [6.45, 7) is 1.89. The normalized spacial score (nSPS) is 11.8. The van der Waals surface area contributed by atoms with E-state index in [0.717, 1.165) is 11.1 Å². The first kappa shape index (κ1) is 14.2. The zero-order valence-corrected chi connectivity index (χ0v) is 10.7. The molecular weight excluding hydrogens is 234 g/mol. The summed E-state index contributed by atoms with van der Waals surface area (Å²) in [6, 6.07) is 4.42. The van der Waals surface area contributed by atoms with Gasteiger partial charge in [0.1, 0.15) is 6.04 Å². The van der Waals surface area contributed by atoms with Crippen LogP contribution in [-0.2, 0) is 20.7 Å². The average molecular weight is 251 g/mol. The lowest BCUT2D eigenvalue weighted by Crippen LogP contribution is -2.33. The van der Waals surface area contributed by atoms with Gasteiger partial charge in [-0.3, -0.25) is 4.79 Å². The average Bonchev–Trinajstić information content (AvgIpc) is 2.39. The molecule has 2 N–H and O–H groups in total. The third kappa shape index (κ3) is 3.30. The Morgan fingerprint density at radius 2 is 1.94 bits per heavy atom. The molecule has 0 spiro atoms. The van der Waals surface area contributed by atoms with E-state index < -0.39 is 18.0 Å². The SMILES string of the molecule is COC(=O)c1ccc(C)c(C[C@@H](N)C(=O)OC)c1. The Morgan fingerprint density at radius 1 is 1.28 bits per heavy atom. The maximum atomic E-state index is 11.4. The molecule has 1 rings (SSSR count). The molecule has 18 heavy (non-hydrogen) atoms. The Hall–Kier alpha value is -1.88. The van der Waals surface area contributed by atoms with Crippen LogP contribution in [0, 0.1) is 6.92 Å². The van der Waals surface area contributed by atoms with Gasteiger partial charge in [0, 0.05) is 0 Å². The number of hydrogen-bond acceptors (Lipinski definition) is 5. The number of rotatable bonds is 4. The molecule has 0 bridgehead atoms. The summed E-state index contributed by atoms with van der Waals surface area (Å²) < 4.78 is 9.21. The molecular formula is C13H17NO4. The van der Waals surface area contributed by atoms with Gasteiger partial charge in [-0.1, -0.05) is 6.07 Å². The molecule has 0 amide bonds. The molecule has 0 fully saturated rings. The number of nitrogens with two attached hydrogens (primary N) is 1. The Kier molecular flexibility index (Phi) is 4.85. The summed E-state index contributed by atoms with van der Waals surface area (Å²) in [6.07, 6.45) is 0.323. The summed E-state index contributed by atoms with van der Waals surface area (Å²) in [4.78, 5) is 22.7. The number of aryl methyl sites for hydroxylation is 1. The van der Waals surface area contributed by atoms with E-state index in [-0.39, 0.29) is 0 Å². The van der Waals surface area contributed by atoms with Gasteiger partial charge in [0.25, 0.3) is 0 Å². The van der Waals surface area contributed by atoms with Gasteiger partial charge in [-0.05, 0) is 36.6 Å². The molecule has 1 atom stereocenters. The van der Waals surface area contributed by atoms with Gasteiger partial charge in [0.05, 0.1) is 19.8 Å². The second kappa shape index (κ2) is 6.16. The summed E-state index contributed by atoms with van der Waals surface area (Å²) in [5, 5.41) is 0. The van der Waals surface area contributed by atoms with Gasteiger partial charge in [-0.25, -0.2) is 4.79 Å². The highest BCUT2D eigenvalue weighted by atomic mass is 16.5. The van der Waals surface area contributed by atoms with Crippen LogP contribution in [0.2, 0.25) is 0 Å². The largest absolute Gasteiger partial charge is 0.468 e. The third-order valence-electron chi connectivity index (χ3n) is 2.71. The molecule has 98 valence electrons. The third-order valence-corrected chi connectivity index (χ3v) is 2.71. The van der Waals surface area contributed by atoms with Crippen LogP contribution in [-0.4, -0.2) is 32.2 Å². The van der Waals surface area contributed by atoms with Crippen molar-refractivity contribution in [2.24, 2.45) is 5.73 Å². The number of methoxy groups -OCH3 is 2. The number of hydrogen-bond donors (Lipinski definition) is 1. The van der Waals surface area contributed by atoms with E-state index in [0.29, 0.717) is 12.0 Å². The number of esters is 2. The predicted molar refractivity (Wildman–Crippen MR) is 66.2 cm³/mol. The first-order valence-corrected chi connectivity index (χ1v) is 5.50. The lowest BCUT2D eigenvalue weighted by molar-refractivity contribution is -0.142. The molecule has 5 heteroatoms. The van der Waals surface area contributed by atoms with Gasteiger partial charge in [-0.15, -0.1) is 0 Å². The number of carbonyl (C=O) groups excluding carboxylic acids is 2. The monoisotopic (exact) mass is 251 g/mol. The Labute approximate surface area is 106 Å². The zero-order chi connectivity index (χ0) is 13.7. The molecule has 0 radical (unpaired) electrons. The lowest BCUT2D eigenvalue weighted by atomic mass is 9.99. The van der Waals surface area contributed by atoms with E-state index in [1.165, 1.54) is 14.2 Å². The molecule has 1 aromatic rings. The predicted octanol–water partition coefficient (Wildman–Crippen LogP) is 0.824. The topological polar surface area (TPSA) is 78.6 Å². The number of ether oxygens (including phenoxy) is 2. The Morgan fingerprint density at radius 3 is 2.50 bits per heavy atom. The Bertz CT molecular complexity index is 456. The van der Waals surface area contributed by atoms with Crippen molar-refractivity contribution in [2.75, 3.05) is 14.2 Å². The fourth-order valence-corrected chi connectivity index (χ4v) is 1.61. The molecule has 0 aromatic heterocycles. The first-order valence-electron chi connectivity index (χ1n) is 5.50. The van der Waals surface area contributed by atoms with Gasteiger partial charge in [0.2, 0.25) is 0 Å². The van der Waals surface area contributed by atoms with E-state index in [9.17, 15) is 9.59 Å². The van der Waals surface area contributed by atoms with Gasteiger partial charge in [0.15, 0.2) is 0 Å². The van der Waals surface area contributed by atoms with Crippen molar-refractivity contribution in [1.82, 2.24) is 0 Å². The lowest BCUT2D eigenvalue weighted by Gasteiger charge is -2.12. The molecule has 5 nitrogen and oxygen atoms in total. The fraction of sp³-hybridized carbons (Fsp3) is 0.385. The van der Waals surface area contributed by atoms with Crippen LogP contribution in [0.15, 0.2) is 18.2 Å². The van der Waals surface area contributed by atoms with Crippen LogP contribution < -0.4 is 5.73 Å². The minimum atomic E-state index is -0.735. The highest BCUT2D eigenvalue weighted by molar-refractivity contribution is 5.89. The van der Waals surface area contributed by atoms with Crippen LogP contribution in [0.1, 0.15) is 21.5 Å². The molecule has 0 aliphatic rings. The first-order chi connectivity index (χ1) is 8.49. The van der Waals surface area contributed by atoms with E-state index in [2.05, 4.69) is 9.47 Å². The maximum Gasteiger partial charge on any atom is 0.337 e. The van der Waals surface area contributed by atoms with Crippen molar-refractivity contribution in [1.29, 1.82) is 0 Å². The molecule has 0 saturated carbocycles. The summed E-state index contributed by atoms with van der Waals surface area (Å²) in [5.41, 5.74) is 7.93. The summed E-state index contributed by atoms with van der Waals surface area (Å²) >= 11 is 0. The minimum Gasteiger partial charge on any atom is -0.468 e. The molecule has 0 aliphatic heterocycles. The van der Waals surface area contributed by atoms with E-state index in [1.54, 1.807) is 18.2 Å².